The molecule has 1 N–H and O–H groups in total. The van der Waals surface area contributed by atoms with E-state index in [9.17, 15) is 4.39 Å². The molecule has 0 fully saturated rings. The second kappa shape index (κ2) is 5.50. The Morgan fingerprint density at radius 2 is 1.83 bits per heavy atom. The molecule has 0 amide bonds. The lowest BCUT2D eigenvalue weighted by Crippen LogP contribution is -2.07. The fraction of sp³-hybridized carbons (Fsp3) is 0.167. The van der Waals surface area contributed by atoms with Crippen molar-refractivity contribution in [3.8, 4) is 0 Å². The molecule has 1 aromatic carbocycles. The smallest absolute Gasteiger partial charge is 0.174 e. The Bertz CT molecular complexity index is 546. The van der Waals surface area contributed by atoms with E-state index >= 15 is 0 Å². The van der Waals surface area contributed by atoms with Crippen LogP contribution in [0.5, 0.6) is 0 Å². The van der Waals surface area contributed by atoms with E-state index in [0.717, 1.165) is 5.56 Å². The average molecular weight is 286 g/mol. The van der Waals surface area contributed by atoms with E-state index < -0.39 is 0 Å². The maximum Gasteiger partial charge on any atom is 0.174 e. The first-order valence-corrected chi connectivity index (χ1v) is 6.02. The number of nitrogens with one attached hydrogen (secondary N) is 1. The molecule has 3 nitrogen and oxygen atoms in total. The van der Waals surface area contributed by atoms with Gasteiger partial charge in [-0.2, -0.15) is 0 Å². The van der Waals surface area contributed by atoms with Gasteiger partial charge in [0.25, 0.3) is 0 Å². The van der Waals surface area contributed by atoms with Gasteiger partial charge in [0.2, 0.25) is 0 Å². The Balaban J connectivity index is 2.18. The number of rotatable bonds is 3. The highest BCUT2D eigenvalue weighted by molar-refractivity contribution is 6.33. The lowest BCUT2D eigenvalue weighted by molar-refractivity contribution is 0.626. The molecule has 1 atom stereocenters. The van der Waals surface area contributed by atoms with E-state index in [1.807, 2.05) is 6.92 Å². The van der Waals surface area contributed by atoms with E-state index in [0.29, 0.717) is 5.69 Å². The summed E-state index contributed by atoms with van der Waals surface area (Å²) in [5.74, 6) is -0.266. The molecular formula is C12H10Cl2FN3. The number of hydrogen-bond acceptors (Lipinski definition) is 3. The van der Waals surface area contributed by atoms with Crippen LogP contribution >= 0.6 is 23.2 Å². The molecule has 2 aromatic rings. The molecule has 18 heavy (non-hydrogen) atoms. The summed E-state index contributed by atoms with van der Waals surface area (Å²) in [5.41, 5.74) is 1.52. The van der Waals surface area contributed by atoms with Crippen LogP contribution in [-0.4, -0.2) is 10.2 Å². The van der Waals surface area contributed by atoms with Crippen molar-refractivity contribution in [2.24, 2.45) is 0 Å². The Morgan fingerprint density at radius 3 is 2.50 bits per heavy atom. The van der Waals surface area contributed by atoms with Gasteiger partial charge < -0.3 is 5.32 Å². The monoisotopic (exact) mass is 285 g/mol. The van der Waals surface area contributed by atoms with E-state index in [-0.39, 0.29) is 22.2 Å². The topological polar surface area (TPSA) is 37.8 Å². The summed E-state index contributed by atoms with van der Waals surface area (Å²) in [5, 5.41) is 11.0. The minimum atomic E-state index is -0.266. The molecule has 0 aliphatic rings. The summed E-state index contributed by atoms with van der Waals surface area (Å²) < 4.78 is 12.8. The minimum absolute atomic E-state index is 0.0524. The Labute approximate surface area is 114 Å². The molecule has 0 spiro atoms. The van der Waals surface area contributed by atoms with Gasteiger partial charge in [-0.3, -0.25) is 0 Å². The quantitative estimate of drug-likeness (QED) is 0.923. The zero-order valence-corrected chi connectivity index (χ0v) is 11.0. The molecule has 0 saturated carbocycles. The Hall–Kier alpha value is -1.39. The van der Waals surface area contributed by atoms with Crippen LogP contribution in [0.3, 0.4) is 0 Å². The zero-order chi connectivity index (χ0) is 13.1. The number of anilines is 1. The van der Waals surface area contributed by atoms with Gasteiger partial charge in [0, 0.05) is 12.1 Å². The first-order valence-electron chi connectivity index (χ1n) is 5.27. The third-order valence-electron chi connectivity index (χ3n) is 2.46. The number of aromatic nitrogens is 2. The summed E-state index contributed by atoms with van der Waals surface area (Å²) in [4.78, 5) is 0. The maximum absolute atomic E-state index is 12.8. The Kier molecular flexibility index (Phi) is 3.99. The number of hydrogen-bond donors (Lipinski definition) is 1. The molecule has 94 valence electrons. The van der Waals surface area contributed by atoms with Gasteiger partial charge in [0.1, 0.15) is 5.82 Å². The molecule has 1 heterocycles. The van der Waals surface area contributed by atoms with Crippen LogP contribution in [0.2, 0.25) is 10.3 Å². The Morgan fingerprint density at radius 1 is 1.17 bits per heavy atom. The zero-order valence-electron chi connectivity index (χ0n) is 9.49. The van der Waals surface area contributed by atoms with Gasteiger partial charge >= 0.3 is 0 Å². The van der Waals surface area contributed by atoms with Crippen LogP contribution in [-0.2, 0) is 0 Å². The molecule has 0 saturated heterocycles. The summed E-state index contributed by atoms with van der Waals surface area (Å²) in [7, 11) is 0. The van der Waals surface area contributed by atoms with Crippen molar-refractivity contribution >= 4 is 28.9 Å². The highest BCUT2D eigenvalue weighted by Gasteiger charge is 2.09. The molecule has 2 rings (SSSR count). The fourth-order valence-corrected chi connectivity index (χ4v) is 1.82. The SMILES string of the molecule is CC(Nc1cc(Cl)nnc1Cl)c1ccc(F)cc1. The predicted molar refractivity (Wildman–Crippen MR) is 70.5 cm³/mol. The first kappa shape index (κ1) is 13.1. The van der Waals surface area contributed by atoms with Crippen LogP contribution in [0, 0.1) is 5.82 Å². The van der Waals surface area contributed by atoms with Gasteiger partial charge in [0.05, 0.1) is 5.69 Å². The highest BCUT2D eigenvalue weighted by Crippen LogP contribution is 2.25. The van der Waals surface area contributed by atoms with Gasteiger partial charge in [-0.25, -0.2) is 4.39 Å². The van der Waals surface area contributed by atoms with Gasteiger partial charge in [-0.05, 0) is 24.6 Å². The molecule has 0 bridgehead atoms. The lowest BCUT2D eigenvalue weighted by atomic mass is 10.1. The van der Waals surface area contributed by atoms with Crippen LogP contribution < -0.4 is 5.32 Å². The van der Waals surface area contributed by atoms with Crippen LogP contribution in [0.25, 0.3) is 0 Å². The van der Waals surface area contributed by atoms with Gasteiger partial charge in [-0.15, -0.1) is 10.2 Å². The molecule has 1 unspecified atom stereocenters. The normalized spacial score (nSPS) is 12.2. The average Bonchev–Trinajstić information content (AvgIpc) is 2.34. The van der Waals surface area contributed by atoms with E-state index in [1.165, 1.54) is 12.1 Å². The standard InChI is InChI=1S/C12H10Cl2FN3/c1-7(8-2-4-9(15)5-3-8)16-10-6-11(13)17-18-12(10)14/h2-7H,1H3,(H,16,17). The summed E-state index contributed by atoms with van der Waals surface area (Å²) in [6, 6.07) is 7.77. The number of halogens is 3. The van der Waals surface area contributed by atoms with E-state index in [2.05, 4.69) is 15.5 Å². The molecule has 0 radical (unpaired) electrons. The summed E-state index contributed by atoms with van der Waals surface area (Å²) in [6.07, 6.45) is 0. The van der Waals surface area contributed by atoms with Crippen molar-refractivity contribution in [1.82, 2.24) is 10.2 Å². The second-order valence-electron chi connectivity index (χ2n) is 3.79. The van der Waals surface area contributed by atoms with Crippen molar-refractivity contribution in [1.29, 1.82) is 0 Å². The van der Waals surface area contributed by atoms with Gasteiger partial charge in [0.15, 0.2) is 10.3 Å². The third kappa shape index (κ3) is 3.09. The number of nitrogens with zero attached hydrogens (tertiary/aromatic N) is 2. The predicted octanol–water partition coefficient (Wildman–Crippen LogP) is 4.10. The summed E-state index contributed by atoms with van der Waals surface area (Å²) >= 11 is 11.6. The molecule has 6 heteroatoms. The fourth-order valence-electron chi connectivity index (χ4n) is 1.52. The molecule has 0 aliphatic heterocycles. The van der Waals surface area contributed by atoms with Crippen molar-refractivity contribution < 1.29 is 4.39 Å². The minimum Gasteiger partial charge on any atom is -0.376 e. The third-order valence-corrected chi connectivity index (χ3v) is 2.92. The van der Waals surface area contributed by atoms with Crippen LogP contribution in [0.15, 0.2) is 30.3 Å². The summed E-state index contributed by atoms with van der Waals surface area (Å²) in [6.45, 7) is 1.93. The van der Waals surface area contributed by atoms with Crippen molar-refractivity contribution in [3.05, 3.63) is 52.0 Å². The van der Waals surface area contributed by atoms with E-state index in [4.69, 9.17) is 23.2 Å². The van der Waals surface area contributed by atoms with Crippen molar-refractivity contribution in [2.75, 3.05) is 5.32 Å². The number of benzene rings is 1. The maximum atomic E-state index is 12.8. The first-order chi connectivity index (χ1) is 8.56. The molecule has 1 aromatic heterocycles. The van der Waals surface area contributed by atoms with Crippen LogP contribution in [0.1, 0.15) is 18.5 Å². The van der Waals surface area contributed by atoms with Gasteiger partial charge in [-0.1, -0.05) is 35.3 Å². The lowest BCUT2D eigenvalue weighted by Gasteiger charge is -2.16. The molecule has 0 aliphatic carbocycles. The van der Waals surface area contributed by atoms with Crippen LogP contribution in [0.4, 0.5) is 10.1 Å². The van der Waals surface area contributed by atoms with Crippen molar-refractivity contribution in [3.63, 3.8) is 0 Å². The van der Waals surface area contributed by atoms with Crippen molar-refractivity contribution in [2.45, 2.75) is 13.0 Å². The second-order valence-corrected chi connectivity index (χ2v) is 4.53. The van der Waals surface area contributed by atoms with E-state index in [1.54, 1.807) is 18.2 Å². The highest BCUT2D eigenvalue weighted by atomic mass is 35.5. The molecular weight excluding hydrogens is 276 g/mol. The largest absolute Gasteiger partial charge is 0.376 e.